The number of likely N-dealkylation sites (N-methyl/N-ethyl adjacent to an activating group) is 1. The van der Waals surface area contributed by atoms with Gasteiger partial charge >= 0.3 is 0 Å². The quantitative estimate of drug-likeness (QED) is 0.866. The van der Waals surface area contributed by atoms with Crippen molar-refractivity contribution in [3.63, 3.8) is 0 Å². The predicted octanol–water partition coefficient (Wildman–Crippen LogP) is 2.66. The summed E-state index contributed by atoms with van der Waals surface area (Å²) in [5.74, 6) is -0.326. The van der Waals surface area contributed by atoms with Gasteiger partial charge in [0.1, 0.15) is 6.04 Å². The van der Waals surface area contributed by atoms with E-state index in [0.29, 0.717) is 17.3 Å². The smallest absolute Gasteiger partial charge is 0.252 e. The number of carbonyl (C=O) groups excluding carboxylic acids is 2. The van der Waals surface area contributed by atoms with E-state index in [1.54, 1.807) is 25.1 Å². The van der Waals surface area contributed by atoms with E-state index in [9.17, 15) is 9.59 Å². The molecule has 0 aromatic heterocycles. The number of halogens is 2. The van der Waals surface area contributed by atoms with E-state index in [0.717, 1.165) is 4.47 Å². The first kappa shape index (κ1) is 13.4. The normalized spacial score (nSPS) is 19.5. The van der Waals surface area contributed by atoms with E-state index < -0.39 is 6.04 Å². The van der Waals surface area contributed by atoms with Crippen molar-refractivity contribution in [1.82, 2.24) is 4.90 Å². The monoisotopic (exact) mass is 330 g/mol. The molecule has 0 spiro atoms. The molecule has 1 aliphatic heterocycles. The zero-order valence-electron chi connectivity index (χ0n) is 9.74. The molecule has 4 nitrogen and oxygen atoms in total. The SMILES string of the molecule is CCN1C(=O)CC(Nc2cc(Cl)ccc2Br)C1=O. The predicted molar refractivity (Wildman–Crippen MR) is 73.6 cm³/mol. The van der Waals surface area contributed by atoms with Crippen LogP contribution in [0.25, 0.3) is 0 Å². The number of amides is 2. The van der Waals surface area contributed by atoms with Crippen LogP contribution in [0.4, 0.5) is 5.69 Å². The molecule has 2 rings (SSSR count). The standard InChI is InChI=1S/C12H12BrClN2O2/c1-2-16-11(17)6-10(12(16)18)15-9-5-7(14)3-4-8(9)13/h3-5,10,15H,2,6H2,1H3. The van der Waals surface area contributed by atoms with Crippen molar-refractivity contribution in [2.24, 2.45) is 0 Å². The van der Waals surface area contributed by atoms with Gasteiger partial charge in [-0.2, -0.15) is 0 Å². The molecule has 1 fully saturated rings. The van der Waals surface area contributed by atoms with Gasteiger partial charge < -0.3 is 5.32 Å². The molecule has 1 saturated heterocycles. The second kappa shape index (κ2) is 5.28. The van der Waals surface area contributed by atoms with Crippen molar-refractivity contribution in [3.05, 3.63) is 27.7 Å². The largest absolute Gasteiger partial charge is 0.372 e. The minimum absolute atomic E-state index is 0.141. The van der Waals surface area contributed by atoms with E-state index >= 15 is 0 Å². The van der Waals surface area contributed by atoms with Gasteiger partial charge in [0.25, 0.3) is 5.91 Å². The molecule has 18 heavy (non-hydrogen) atoms. The molecule has 0 radical (unpaired) electrons. The van der Waals surface area contributed by atoms with Crippen molar-refractivity contribution >= 4 is 45.0 Å². The van der Waals surface area contributed by atoms with Gasteiger partial charge in [-0.3, -0.25) is 14.5 Å². The Morgan fingerprint density at radius 3 is 2.83 bits per heavy atom. The summed E-state index contributed by atoms with van der Waals surface area (Å²) in [7, 11) is 0. The summed E-state index contributed by atoms with van der Waals surface area (Å²) in [6.07, 6.45) is 0.186. The maximum Gasteiger partial charge on any atom is 0.252 e. The molecule has 1 N–H and O–H groups in total. The molecule has 6 heteroatoms. The highest BCUT2D eigenvalue weighted by Gasteiger charge is 2.37. The van der Waals surface area contributed by atoms with Crippen LogP contribution in [0.5, 0.6) is 0 Å². The van der Waals surface area contributed by atoms with Crippen LogP contribution in [-0.2, 0) is 9.59 Å². The number of imide groups is 1. The summed E-state index contributed by atoms with van der Waals surface area (Å²) in [6, 6.07) is 4.75. The first-order valence-corrected chi connectivity index (χ1v) is 6.75. The van der Waals surface area contributed by atoms with Crippen molar-refractivity contribution in [3.8, 4) is 0 Å². The fourth-order valence-corrected chi connectivity index (χ4v) is 2.46. The number of carbonyl (C=O) groups is 2. The third-order valence-electron chi connectivity index (χ3n) is 2.82. The number of nitrogens with one attached hydrogen (secondary N) is 1. The number of likely N-dealkylation sites (tertiary alicyclic amines) is 1. The van der Waals surface area contributed by atoms with Crippen molar-refractivity contribution in [1.29, 1.82) is 0 Å². The summed E-state index contributed by atoms with van der Waals surface area (Å²) in [4.78, 5) is 24.8. The molecule has 0 aliphatic carbocycles. The zero-order valence-corrected chi connectivity index (χ0v) is 12.1. The van der Waals surface area contributed by atoms with Gasteiger partial charge in [0.05, 0.1) is 12.1 Å². The maximum absolute atomic E-state index is 11.9. The van der Waals surface area contributed by atoms with Gasteiger partial charge in [-0.05, 0) is 41.1 Å². The Kier molecular flexibility index (Phi) is 3.92. The fraction of sp³-hybridized carbons (Fsp3) is 0.333. The van der Waals surface area contributed by atoms with Gasteiger partial charge in [-0.15, -0.1) is 0 Å². The molecule has 1 unspecified atom stereocenters. The molecular formula is C12H12BrClN2O2. The van der Waals surface area contributed by atoms with Crippen LogP contribution >= 0.6 is 27.5 Å². The number of hydrogen-bond donors (Lipinski definition) is 1. The highest BCUT2D eigenvalue weighted by atomic mass is 79.9. The summed E-state index contributed by atoms with van der Waals surface area (Å²) in [5, 5.41) is 3.62. The maximum atomic E-state index is 11.9. The van der Waals surface area contributed by atoms with Crippen molar-refractivity contribution in [2.45, 2.75) is 19.4 Å². The number of anilines is 1. The molecular weight excluding hydrogens is 320 g/mol. The van der Waals surface area contributed by atoms with Gasteiger partial charge in [0.15, 0.2) is 0 Å². The molecule has 1 aromatic rings. The second-order valence-electron chi connectivity index (χ2n) is 4.00. The van der Waals surface area contributed by atoms with Crippen LogP contribution < -0.4 is 5.32 Å². The Balaban J connectivity index is 2.18. The van der Waals surface area contributed by atoms with Crippen LogP contribution in [0.1, 0.15) is 13.3 Å². The average molecular weight is 332 g/mol. The van der Waals surface area contributed by atoms with E-state index in [4.69, 9.17) is 11.6 Å². The number of hydrogen-bond acceptors (Lipinski definition) is 3. The topological polar surface area (TPSA) is 49.4 Å². The van der Waals surface area contributed by atoms with Crippen molar-refractivity contribution in [2.75, 3.05) is 11.9 Å². The molecule has 96 valence electrons. The minimum Gasteiger partial charge on any atom is -0.372 e. The van der Waals surface area contributed by atoms with Gasteiger partial charge in [-0.25, -0.2) is 0 Å². The Labute approximate surface area is 118 Å². The first-order chi connectivity index (χ1) is 8.52. The minimum atomic E-state index is -0.507. The Hall–Kier alpha value is -1.07. The Bertz CT molecular complexity index is 507. The Morgan fingerprint density at radius 2 is 2.22 bits per heavy atom. The zero-order chi connectivity index (χ0) is 13.3. The molecule has 1 aliphatic rings. The Morgan fingerprint density at radius 1 is 1.50 bits per heavy atom. The number of benzene rings is 1. The van der Waals surface area contributed by atoms with Crippen LogP contribution in [0.2, 0.25) is 5.02 Å². The van der Waals surface area contributed by atoms with E-state index in [1.807, 2.05) is 0 Å². The third-order valence-corrected chi connectivity index (χ3v) is 3.74. The highest BCUT2D eigenvalue weighted by Crippen LogP contribution is 2.28. The lowest BCUT2D eigenvalue weighted by atomic mass is 10.2. The average Bonchev–Trinajstić information content (AvgIpc) is 2.59. The van der Waals surface area contributed by atoms with Gasteiger partial charge in [-0.1, -0.05) is 11.6 Å². The van der Waals surface area contributed by atoms with Gasteiger partial charge in [0, 0.05) is 16.0 Å². The third kappa shape index (κ3) is 2.52. The van der Waals surface area contributed by atoms with Crippen LogP contribution in [-0.4, -0.2) is 29.3 Å². The summed E-state index contributed by atoms with van der Waals surface area (Å²) >= 11 is 9.27. The van der Waals surface area contributed by atoms with Crippen LogP contribution in [0.15, 0.2) is 22.7 Å². The lowest BCUT2D eigenvalue weighted by Gasteiger charge is -2.15. The molecule has 0 bridgehead atoms. The first-order valence-electron chi connectivity index (χ1n) is 5.58. The molecule has 1 aromatic carbocycles. The molecule has 1 atom stereocenters. The van der Waals surface area contributed by atoms with Gasteiger partial charge in [0.2, 0.25) is 5.91 Å². The highest BCUT2D eigenvalue weighted by molar-refractivity contribution is 9.10. The molecule has 0 saturated carbocycles. The summed E-state index contributed by atoms with van der Waals surface area (Å²) in [5.41, 5.74) is 0.714. The van der Waals surface area contributed by atoms with Crippen molar-refractivity contribution < 1.29 is 9.59 Å². The summed E-state index contributed by atoms with van der Waals surface area (Å²) < 4.78 is 0.807. The van der Waals surface area contributed by atoms with E-state index in [2.05, 4.69) is 21.2 Å². The second-order valence-corrected chi connectivity index (χ2v) is 5.29. The molecule has 2 amide bonds. The lowest BCUT2D eigenvalue weighted by molar-refractivity contribution is -0.138. The fourth-order valence-electron chi connectivity index (χ4n) is 1.92. The van der Waals surface area contributed by atoms with Crippen LogP contribution in [0.3, 0.4) is 0 Å². The number of rotatable bonds is 3. The van der Waals surface area contributed by atoms with E-state index in [-0.39, 0.29) is 18.2 Å². The molecule has 1 heterocycles. The van der Waals surface area contributed by atoms with Crippen LogP contribution in [0, 0.1) is 0 Å². The number of nitrogens with zero attached hydrogens (tertiary/aromatic N) is 1. The van der Waals surface area contributed by atoms with E-state index in [1.165, 1.54) is 4.90 Å². The lowest BCUT2D eigenvalue weighted by Crippen LogP contribution is -2.34. The summed E-state index contributed by atoms with van der Waals surface area (Å²) in [6.45, 7) is 2.19.